The summed E-state index contributed by atoms with van der Waals surface area (Å²) in [6.07, 6.45) is 0. The summed E-state index contributed by atoms with van der Waals surface area (Å²) in [5.41, 5.74) is 4.22. The van der Waals surface area contributed by atoms with Gasteiger partial charge >= 0.3 is 0 Å². The number of aliphatic imine (C=N–C) groups is 1. The summed E-state index contributed by atoms with van der Waals surface area (Å²) in [4.78, 5) is 16.8. The predicted octanol–water partition coefficient (Wildman–Crippen LogP) is 4.48. The first-order valence-electron chi connectivity index (χ1n) is 7.85. The van der Waals surface area contributed by atoms with Gasteiger partial charge in [-0.3, -0.25) is 9.79 Å². The molecule has 24 heavy (non-hydrogen) atoms. The van der Waals surface area contributed by atoms with E-state index in [-0.39, 0.29) is 5.78 Å². The van der Waals surface area contributed by atoms with Crippen molar-refractivity contribution in [2.75, 3.05) is 12.8 Å². The molecule has 4 heteroatoms. The Labute approximate surface area is 146 Å². The summed E-state index contributed by atoms with van der Waals surface area (Å²) >= 11 is 1.51. The Morgan fingerprint density at radius 3 is 2.46 bits per heavy atom. The molecule has 0 saturated carbocycles. The number of benzene rings is 2. The first-order chi connectivity index (χ1) is 11.6. The van der Waals surface area contributed by atoms with Crippen LogP contribution in [-0.2, 0) is 7.05 Å². The number of aromatic nitrogens is 1. The average molecular weight is 336 g/mol. The number of thioether (sulfide) groups is 1. The van der Waals surface area contributed by atoms with E-state index >= 15 is 0 Å². The van der Waals surface area contributed by atoms with Crippen LogP contribution in [-0.4, -0.2) is 28.2 Å². The highest BCUT2D eigenvalue weighted by Crippen LogP contribution is 2.29. The van der Waals surface area contributed by atoms with Gasteiger partial charge in [-0.25, -0.2) is 0 Å². The van der Waals surface area contributed by atoms with E-state index in [4.69, 9.17) is 0 Å². The molecule has 0 atom stereocenters. The van der Waals surface area contributed by atoms with Crippen LogP contribution in [0, 0.1) is 6.92 Å². The standard InChI is InChI=1S/C20H20N2OS/c1-14-19(16-11-7-8-12-17(16)22(14)3)20(21-2)24-13-18(23)15-9-5-4-6-10-15/h4-12H,13H2,1-3H3. The van der Waals surface area contributed by atoms with Crippen LogP contribution in [0.1, 0.15) is 21.6 Å². The third kappa shape index (κ3) is 3.02. The smallest absolute Gasteiger partial charge is 0.173 e. The number of carbonyl (C=O) groups is 1. The number of Topliss-reactive ketones (excluding diaryl/α,β-unsaturated/α-hetero) is 1. The molecule has 2 aromatic carbocycles. The highest BCUT2D eigenvalue weighted by atomic mass is 32.2. The van der Waals surface area contributed by atoms with Crippen LogP contribution in [0.5, 0.6) is 0 Å². The number of hydrogen-bond acceptors (Lipinski definition) is 3. The Balaban J connectivity index is 1.88. The minimum absolute atomic E-state index is 0.125. The Morgan fingerprint density at radius 1 is 1.08 bits per heavy atom. The quantitative estimate of drug-likeness (QED) is 0.400. The molecule has 0 aliphatic carbocycles. The monoisotopic (exact) mass is 336 g/mol. The fourth-order valence-electron chi connectivity index (χ4n) is 2.88. The van der Waals surface area contributed by atoms with E-state index in [1.165, 1.54) is 22.7 Å². The minimum Gasteiger partial charge on any atom is -0.347 e. The van der Waals surface area contributed by atoms with Crippen LogP contribution in [0.4, 0.5) is 0 Å². The Bertz CT molecular complexity index is 910. The maximum Gasteiger partial charge on any atom is 0.173 e. The van der Waals surface area contributed by atoms with Gasteiger partial charge in [0.2, 0.25) is 0 Å². The summed E-state index contributed by atoms with van der Waals surface area (Å²) in [5, 5.41) is 2.09. The van der Waals surface area contributed by atoms with Crippen molar-refractivity contribution in [2.24, 2.45) is 12.0 Å². The van der Waals surface area contributed by atoms with E-state index in [9.17, 15) is 4.79 Å². The maximum atomic E-state index is 12.4. The molecular weight excluding hydrogens is 316 g/mol. The number of ketones is 1. The van der Waals surface area contributed by atoms with Gasteiger partial charge in [0.05, 0.1) is 5.75 Å². The zero-order valence-electron chi connectivity index (χ0n) is 14.1. The largest absolute Gasteiger partial charge is 0.347 e. The number of hydrogen-bond donors (Lipinski definition) is 0. The molecule has 122 valence electrons. The summed E-state index contributed by atoms with van der Waals surface area (Å²) < 4.78 is 2.18. The van der Waals surface area contributed by atoms with Gasteiger partial charge in [0.15, 0.2) is 5.78 Å². The molecule has 0 unspecified atom stereocenters. The number of rotatable bonds is 4. The molecule has 3 rings (SSSR count). The molecule has 0 aliphatic rings. The SMILES string of the molecule is CN=C(SCC(=O)c1ccccc1)c1c(C)n(C)c2ccccc12. The minimum atomic E-state index is 0.125. The van der Waals surface area contributed by atoms with Gasteiger partial charge < -0.3 is 4.57 Å². The molecule has 0 amide bonds. The topological polar surface area (TPSA) is 34.4 Å². The second kappa shape index (κ2) is 7.05. The fourth-order valence-corrected chi connectivity index (χ4v) is 3.85. The van der Waals surface area contributed by atoms with Crippen molar-refractivity contribution in [3.05, 3.63) is 71.4 Å². The first-order valence-corrected chi connectivity index (χ1v) is 8.84. The average Bonchev–Trinajstić information content (AvgIpc) is 2.88. The second-order valence-corrected chi connectivity index (χ2v) is 6.61. The van der Waals surface area contributed by atoms with Crippen molar-refractivity contribution in [2.45, 2.75) is 6.92 Å². The number of aryl methyl sites for hydroxylation is 1. The van der Waals surface area contributed by atoms with Crippen LogP contribution < -0.4 is 0 Å². The van der Waals surface area contributed by atoms with Gasteiger partial charge in [-0.15, -0.1) is 0 Å². The molecule has 0 aliphatic heterocycles. The lowest BCUT2D eigenvalue weighted by molar-refractivity contribution is 0.102. The summed E-state index contributed by atoms with van der Waals surface area (Å²) in [6, 6.07) is 17.7. The molecule has 1 heterocycles. The third-order valence-electron chi connectivity index (χ3n) is 4.25. The van der Waals surface area contributed by atoms with Crippen molar-refractivity contribution in [1.29, 1.82) is 0 Å². The lowest BCUT2D eigenvalue weighted by Gasteiger charge is -2.07. The molecule has 0 spiro atoms. The lowest BCUT2D eigenvalue weighted by atomic mass is 10.1. The van der Waals surface area contributed by atoms with Crippen molar-refractivity contribution in [3.63, 3.8) is 0 Å². The van der Waals surface area contributed by atoms with Gasteiger partial charge in [-0.1, -0.05) is 60.3 Å². The number of para-hydroxylation sites is 1. The normalized spacial score (nSPS) is 11.9. The molecule has 0 bridgehead atoms. The Kier molecular flexibility index (Phi) is 4.86. The highest BCUT2D eigenvalue weighted by Gasteiger charge is 2.18. The zero-order chi connectivity index (χ0) is 17.1. The first kappa shape index (κ1) is 16.5. The van der Waals surface area contributed by atoms with Crippen molar-refractivity contribution >= 4 is 33.5 Å². The van der Waals surface area contributed by atoms with Gasteiger partial charge in [-0.2, -0.15) is 0 Å². The molecule has 0 N–H and O–H groups in total. The summed E-state index contributed by atoms with van der Waals surface area (Å²) in [6.45, 7) is 2.10. The van der Waals surface area contributed by atoms with Crippen molar-refractivity contribution < 1.29 is 4.79 Å². The summed E-state index contributed by atoms with van der Waals surface area (Å²) in [7, 11) is 3.85. The molecular formula is C20H20N2OS. The van der Waals surface area contributed by atoms with Gasteiger partial charge in [0.25, 0.3) is 0 Å². The van der Waals surface area contributed by atoms with Crippen molar-refractivity contribution in [1.82, 2.24) is 4.57 Å². The maximum absolute atomic E-state index is 12.4. The van der Waals surface area contributed by atoms with Crippen LogP contribution in [0.15, 0.2) is 59.6 Å². The zero-order valence-corrected chi connectivity index (χ0v) is 14.9. The Morgan fingerprint density at radius 2 is 1.75 bits per heavy atom. The van der Waals surface area contributed by atoms with Gasteiger partial charge in [0.1, 0.15) is 5.04 Å². The number of nitrogens with zero attached hydrogens (tertiary/aromatic N) is 2. The van der Waals surface area contributed by atoms with E-state index in [0.29, 0.717) is 5.75 Å². The fraction of sp³-hybridized carbons (Fsp3) is 0.200. The molecule has 3 nitrogen and oxygen atoms in total. The van der Waals surface area contributed by atoms with Gasteiger partial charge in [-0.05, 0) is 13.0 Å². The van der Waals surface area contributed by atoms with Crippen LogP contribution in [0.3, 0.4) is 0 Å². The van der Waals surface area contributed by atoms with Crippen molar-refractivity contribution in [3.8, 4) is 0 Å². The third-order valence-corrected chi connectivity index (χ3v) is 5.32. The molecule has 0 saturated heterocycles. The molecule has 1 aromatic heterocycles. The van der Waals surface area contributed by atoms with E-state index in [1.807, 2.05) is 42.5 Å². The predicted molar refractivity (Wildman–Crippen MR) is 103 cm³/mol. The van der Waals surface area contributed by atoms with E-state index in [0.717, 1.165) is 21.9 Å². The molecule has 3 aromatic rings. The molecule has 0 radical (unpaired) electrons. The summed E-state index contributed by atoms with van der Waals surface area (Å²) in [5.74, 6) is 0.513. The number of carbonyl (C=O) groups excluding carboxylic acids is 1. The van der Waals surface area contributed by atoms with E-state index in [1.54, 1.807) is 7.05 Å². The lowest BCUT2D eigenvalue weighted by Crippen LogP contribution is -2.07. The van der Waals surface area contributed by atoms with Crippen LogP contribution >= 0.6 is 11.8 Å². The van der Waals surface area contributed by atoms with E-state index in [2.05, 4.69) is 35.7 Å². The van der Waals surface area contributed by atoms with Crippen LogP contribution in [0.25, 0.3) is 10.9 Å². The van der Waals surface area contributed by atoms with Crippen LogP contribution in [0.2, 0.25) is 0 Å². The van der Waals surface area contributed by atoms with E-state index < -0.39 is 0 Å². The van der Waals surface area contributed by atoms with Gasteiger partial charge in [0, 0.05) is 41.8 Å². The highest BCUT2D eigenvalue weighted by molar-refractivity contribution is 8.15. The Hall–Kier alpha value is -2.33. The number of fused-ring (bicyclic) bond motifs is 1. The molecule has 0 fully saturated rings. The second-order valence-electron chi connectivity index (χ2n) is 5.64.